The van der Waals surface area contributed by atoms with Gasteiger partial charge in [-0.15, -0.1) is 0 Å². The molecule has 0 saturated carbocycles. The molecule has 1 aromatic carbocycles. The van der Waals surface area contributed by atoms with E-state index in [1.807, 2.05) is 11.4 Å². The summed E-state index contributed by atoms with van der Waals surface area (Å²) in [4.78, 5) is 11.9. The molecule has 1 amide bonds. The van der Waals surface area contributed by atoms with Gasteiger partial charge >= 0.3 is 0 Å². The van der Waals surface area contributed by atoms with E-state index >= 15 is 0 Å². The number of thiophene rings is 1. The predicted molar refractivity (Wildman–Crippen MR) is 84.5 cm³/mol. The molecule has 0 aliphatic heterocycles. The number of hydrogen-bond donors (Lipinski definition) is 1. The molecule has 1 aromatic heterocycles. The number of rotatable bonds is 4. The Labute approximate surface area is 129 Å². The molecule has 0 bridgehead atoms. The summed E-state index contributed by atoms with van der Waals surface area (Å²) in [6.07, 6.45) is 0.855. The minimum Gasteiger partial charge on any atom is -0.352 e. The normalized spacial score (nSPS) is 10.3. The summed E-state index contributed by atoms with van der Waals surface area (Å²) < 4.78 is 0.948. The Bertz CT molecular complexity index is 542. The quantitative estimate of drug-likeness (QED) is 0.785. The van der Waals surface area contributed by atoms with Crippen LogP contribution in [0.1, 0.15) is 15.9 Å². The number of halogens is 2. The average molecular weight is 392 g/mol. The van der Waals surface area contributed by atoms with Crippen LogP contribution in [0.2, 0.25) is 5.02 Å². The second kappa shape index (κ2) is 6.54. The fourth-order valence-corrected chi connectivity index (χ4v) is 2.71. The Morgan fingerprint density at radius 3 is 2.89 bits per heavy atom. The lowest BCUT2D eigenvalue weighted by molar-refractivity contribution is 0.0954. The molecule has 0 aliphatic carbocycles. The van der Waals surface area contributed by atoms with Crippen molar-refractivity contribution in [3.63, 3.8) is 0 Å². The van der Waals surface area contributed by atoms with Gasteiger partial charge in [0.25, 0.3) is 5.91 Å². The molecule has 94 valence electrons. The highest BCUT2D eigenvalue weighted by atomic mass is 127. The maximum absolute atomic E-state index is 11.9. The van der Waals surface area contributed by atoms with E-state index in [2.05, 4.69) is 39.4 Å². The van der Waals surface area contributed by atoms with Gasteiger partial charge in [-0.1, -0.05) is 11.6 Å². The number of carbonyl (C=O) groups excluding carboxylic acids is 1. The fourth-order valence-electron chi connectivity index (χ4n) is 1.49. The van der Waals surface area contributed by atoms with Gasteiger partial charge in [-0.3, -0.25) is 4.79 Å². The van der Waals surface area contributed by atoms with Crippen LogP contribution in [0.4, 0.5) is 0 Å². The standard InChI is InChI=1S/C13H11ClINOS/c14-11-7-10(1-2-12(11)15)13(17)16-5-3-9-4-6-18-8-9/h1-2,4,6-8H,3,5H2,(H,16,17). The van der Waals surface area contributed by atoms with Gasteiger partial charge in [-0.25, -0.2) is 0 Å². The van der Waals surface area contributed by atoms with Crippen LogP contribution in [0.25, 0.3) is 0 Å². The highest BCUT2D eigenvalue weighted by molar-refractivity contribution is 14.1. The molecule has 0 saturated heterocycles. The minimum absolute atomic E-state index is 0.0801. The zero-order chi connectivity index (χ0) is 13.0. The van der Waals surface area contributed by atoms with E-state index in [4.69, 9.17) is 11.6 Å². The van der Waals surface area contributed by atoms with E-state index in [9.17, 15) is 4.79 Å². The van der Waals surface area contributed by atoms with E-state index < -0.39 is 0 Å². The van der Waals surface area contributed by atoms with Gasteiger partial charge in [-0.2, -0.15) is 11.3 Å². The molecule has 18 heavy (non-hydrogen) atoms. The first-order valence-electron chi connectivity index (χ1n) is 5.41. The van der Waals surface area contributed by atoms with Gasteiger partial charge in [0.15, 0.2) is 0 Å². The SMILES string of the molecule is O=C(NCCc1ccsc1)c1ccc(I)c(Cl)c1. The maximum Gasteiger partial charge on any atom is 0.251 e. The lowest BCUT2D eigenvalue weighted by atomic mass is 10.2. The summed E-state index contributed by atoms with van der Waals surface area (Å²) in [6.45, 7) is 0.638. The van der Waals surface area contributed by atoms with Gasteiger partial charge in [0.1, 0.15) is 0 Å². The van der Waals surface area contributed by atoms with Crippen LogP contribution in [-0.4, -0.2) is 12.5 Å². The van der Waals surface area contributed by atoms with Crippen molar-refractivity contribution in [3.05, 3.63) is 54.7 Å². The molecular formula is C13H11ClINOS. The Morgan fingerprint density at radius 1 is 1.39 bits per heavy atom. The number of nitrogens with one attached hydrogen (secondary N) is 1. The second-order valence-corrected chi connectivity index (χ2v) is 6.12. The van der Waals surface area contributed by atoms with Crippen LogP contribution in [0, 0.1) is 3.57 Å². The van der Waals surface area contributed by atoms with Crippen molar-refractivity contribution in [1.82, 2.24) is 5.32 Å². The smallest absolute Gasteiger partial charge is 0.251 e. The van der Waals surface area contributed by atoms with Crippen molar-refractivity contribution in [2.75, 3.05) is 6.54 Å². The largest absolute Gasteiger partial charge is 0.352 e. The summed E-state index contributed by atoms with van der Waals surface area (Å²) in [5.74, 6) is -0.0801. The third-order valence-electron chi connectivity index (χ3n) is 2.46. The molecule has 1 N–H and O–H groups in total. The summed E-state index contributed by atoms with van der Waals surface area (Å²) in [6, 6.07) is 7.39. The molecule has 0 spiro atoms. The molecule has 2 aromatic rings. The first-order chi connectivity index (χ1) is 8.66. The number of benzene rings is 1. The van der Waals surface area contributed by atoms with Crippen LogP contribution in [0.3, 0.4) is 0 Å². The zero-order valence-corrected chi connectivity index (χ0v) is 13.2. The van der Waals surface area contributed by atoms with Crippen LogP contribution < -0.4 is 5.32 Å². The molecule has 0 atom stereocenters. The first kappa shape index (κ1) is 13.8. The third-order valence-corrected chi connectivity index (χ3v) is 4.77. The summed E-state index contributed by atoms with van der Waals surface area (Å²) >= 11 is 9.79. The zero-order valence-electron chi connectivity index (χ0n) is 9.45. The monoisotopic (exact) mass is 391 g/mol. The lowest BCUT2D eigenvalue weighted by Crippen LogP contribution is -2.25. The number of hydrogen-bond acceptors (Lipinski definition) is 2. The van der Waals surface area contributed by atoms with Gasteiger partial charge in [0.05, 0.1) is 5.02 Å². The Morgan fingerprint density at radius 2 is 2.22 bits per heavy atom. The van der Waals surface area contributed by atoms with Gasteiger partial charge in [0, 0.05) is 15.7 Å². The van der Waals surface area contributed by atoms with Crippen LogP contribution in [-0.2, 0) is 6.42 Å². The van der Waals surface area contributed by atoms with Gasteiger partial charge < -0.3 is 5.32 Å². The lowest BCUT2D eigenvalue weighted by Gasteiger charge is -2.05. The van der Waals surface area contributed by atoms with Gasteiger partial charge in [-0.05, 0) is 69.6 Å². The number of carbonyl (C=O) groups is 1. The van der Waals surface area contributed by atoms with Crippen molar-refractivity contribution in [2.24, 2.45) is 0 Å². The molecule has 0 unspecified atom stereocenters. The van der Waals surface area contributed by atoms with Crippen LogP contribution >= 0.6 is 45.5 Å². The van der Waals surface area contributed by atoms with E-state index in [0.29, 0.717) is 17.1 Å². The van der Waals surface area contributed by atoms with Crippen molar-refractivity contribution in [1.29, 1.82) is 0 Å². The van der Waals surface area contributed by atoms with Crippen molar-refractivity contribution in [2.45, 2.75) is 6.42 Å². The molecule has 0 aliphatic rings. The maximum atomic E-state index is 11.9. The Balaban J connectivity index is 1.89. The predicted octanol–water partition coefficient (Wildman–Crippen LogP) is 3.98. The van der Waals surface area contributed by atoms with E-state index in [-0.39, 0.29) is 5.91 Å². The second-order valence-electron chi connectivity index (χ2n) is 3.77. The van der Waals surface area contributed by atoms with Crippen molar-refractivity contribution >= 4 is 51.4 Å². The van der Waals surface area contributed by atoms with Crippen LogP contribution in [0.5, 0.6) is 0 Å². The van der Waals surface area contributed by atoms with E-state index in [0.717, 1.165) is 9.99 Å². The highest BCUT2D eigenvalue weighted by Crippen LogP contribution is 2.19. The minimum atomic E-state index is -0.0801. The third kappa shape index (κ3) is 3.70. The Kier molecular flexibility index (Phi) is 5.03. The topological polar surface area (TPSA) is 29.1 Å². The average Bonchev–Trinajstić information content (AvgIpc) is 2.85. The number of amides is 1. The van der Waals surface area contributed by atoms with E-state index in [1.54, 1.807) is 23.5 Å². The molecule has 0 fully saturated rings. The fraction of sp³-hybridized carbons (Fsp3) is 0.154. The first-order valence-corrected chi connectivity index (χ1v) is 7.81. The van der Waals surface area contributed by atoms with Gasteiger partial charge in [0.2, 0.25) is 0 Å². The molecule has 5 heteroatoms. The van der Waals surface area contributed by atoms with Crippen LogP contribution in [0.15, 0.2) is 35.0 Å². The summed E-state index contributed by atoms with van der Waals surface area (Å²) in [7, 11) is 0. The van der Waals surface area contributed by atoms with Crippen molar-refractivity contribution < 1.29 is 4.79 Å². The Hall–Kier alpha value is -0.590. The van der Waals surface area contributed by atoms with E-state index in [1.165, 1.54) is 5.56 Å². The highest BCUT2D eigenvalue weighted by Gasteiger charge is 2.07. The molecule has 1 heterocycles. The molecule has 0 radical (unpaired) electrons. The summed E-state index contributed by atoms with van der Waals surface area (Å²) in [5.41, 5.74) is 1.85. The molecule has 2 nitrogen and oxygen atoms in total. The van der Waals surface area contributed by atoms with Crippen molar-refractivity contribution in [3.8, 4) is 0 Å². The molecular weight excluding hydrogens is 381 g/mol. The molecule has 2 rings (SSSR count). The summed E-state index contributed by atoms with van der Waals surface area (Å²) in [5, 5.41) is 7.63.